The summed E-state index contributed by atoms with van der Waals surface area (Å²) in [5.41, 5.74) is 0.581. The van der Waals surface area contributed by atoms with E-state index in [1.165, 1.54) is 38.2 Å². The average molecular weight is 384 g/mol. The molecule has 3 aliphatic rings. The number of carbonyl (C=O) groups is 2. The quantitative estimate of drug-likeness (QED) is 0.605. The molecule has 1 fully saturated rings. The predicted molar refractivity (Wildman–Crippen MR) is 107 cm³/mol. The predicted octanol–water partition coefficient (Wildman–Crippen LogP) is 2.82. The minimum absolute atomic E-state index is 0.0408. The molecule has 1 unspecified atom stereocenters. The molecule has 0 bridgehead atoms. The summed E-state index contributed by atoms with van der Waals surface area (Å²) < 4.78 is 0. The standard InChI is InChI=1S/C21H28N4O3/c26-18-9-8-17-21(22-18)23-19(27)14-20(28)25(17)16-10-12-24(13-11-16)15-6-4-2-1-3-5-7-15/h4,6,8-9,15-16H,1-3,5,7,10-14H2,(H2,22,23,26,27)/b6-4-. The highest BCUT2D eigenvalue weighted by molar-refractivity contribution is 6.14. The number of nitrogens with zero attached hydrogens (tertiary/aromatic N) is 3. The van der Waals surface area contributed by atoms with E-state index in [1.54, 1.807) is 11.0 Å². The Morgan fingerprint density at radius 3 is 2.71 bits per heavy atom. The molecule has 1 aliphatic carbocycles. The van der Waals surface area contributed by atoms with Gasteiger partial charge in [-0.2, -0.15) is 4.98 Å². The van der Waals surface area contributed by atoms with Crippen molar-refractivity contribution in [1.82, 2.24) is 9.88 Å². The van der Waals surface area contributed by atoms with Crippen molar-refractivity contribution in [2.24, 2.45) is 0 Å². The van der Waals surface area contributed by atoms with Crippen LogP contribution in [0.4, 0.5) is 11.5 Å². The molecule has 150 valence electrons. The molecule has 2 aliphatic heterocycles. The highest BCUT2D eigenvalue weighted by atomic mass is 16.3. The molecule has 7 nitrogen and oxygen atoms in total. The van der Waals surface area contributed by atoms with Crippen molar-refractivity contribution in [2.75, 3.05) is 23.3 Å². The van der Waals surface area contributed by atoms with Crippen LogP contribution in [-0.4, -0.2) is 52.0 Å². The van der Waals surface area contributed by atoms with Gasteiger partial charge in [0.15, 0.2) is 5.82 Å². The van der Waals surface area contributed by atoms with Gasteiger partial charge in [-0.1, -0.05) is 25.0 Å². The number of carbonyl (C=O) groups excluding carboxylic acids is 2. The van der Waals surface area contributed by atoms with Crippen molar-refractivity contribution >= 4 is 23.3 Å². The molecule has 3 heterocycles. The van der Waals surface area contributed by atoms with Crippen molar-refractivity contribution in [1.29, 1.82) is 0 Å². The fourth-order valence-electron chi connectivity index (χ4n) is 4.58. The lowest BCUT2D eigenvalue weighted by Crippen LogP contribution is -2.49. The molecule has 0 radical (unpaired) electrons. The number of aromatic nitrogens is 1. The van der Waals surface area contributed by atoms with Crippen LogP contribution in [0.15, 0.2) is 24.3 Å². The first-order valence-corrected chi connectivity index (χ1v) is 10.3. The number of likely N-dealkylation sites (tertiary alicyclic amines) is 1. The van der Waals surface area contributed by atoms with Crippen LogP contribution in [0.1, 0.15) is 51.4 Å². The van der Waals surface area contributed by atoms with E-state index in [0.717, 1.165) is 25.9 Å². The molecule has 1 aromatic rings. The van der Waals surface area contributed by atoms with Crippen LogP contribution in [0.3, 0.4) is 0 Å². The molecule has 28 heavy (non-hydrogen) atoms. The number of pyridine rings is 1. The van der Waals surface area contributed by atoms with Crippen LogP contribution in [0.2, 0.25) is 0 Å². The maximum Gasteiger partial charge on any atom is 0.236 e. The number of nitrogens with one attached hydrogen (secondary N) is 1. The monoisotopic (exact) mass is 384 g/mol. The van der Waals surface area contributed by atoms with E-state index in [9.17, 15) is 14.7 Å². The smallest absolute Gasteiger partial charge is 0.236 e. The number of fused-ring (bicyclic) bond motifs is 1. The SMILES string of the molecule is O=C1CC(=O)N(C2CCN(C3/C=C\CCCCC3)CC2)c2ccc(O)nc2N1. The minimum atomic E-state index is -0.385. The summed E-state index contributed by atoms with van der Waals surface area (Å²) in [6.45, 7) is 1.87. The Morgan fingerprint density at radius 2 is 1.89 bits per heavy atom. The summed E-state index contributed by atoms with van der Waals surface area (Å²) in [6.07, 6.45) is 12.5. The lowest BCUT2D eigenvalue weighted by Gasteiger charge is -2.41. The largest absolute Gasteiger partial charge is 0.493 e. The van der Waals surface area contributed by atoms with E-state index in [0.29, 0.717) is 11.7 Å². The van der Waals surface area contributed by atoms with E-state index in [2.05, 4.69) is 27.4 Å². The summed E-state index contributed by atoms with van der Waals surface area (Å²) in [7, 11) is 0. The Bertz CT molecular complexity index is 771. The topological polar surface area (TPSA) is 85.8 Å². The summed E-state index contributed by atoms with van der Waals surface area (Å²) >= 11 is 0. The van der Waals surface area contributed by atoms with Crippen LogP contribution >= 0.6 is 0 Å². The Hall–Kier alpha value is -2.41. The maximum absolute atomic E-state index is 12.8. The Kier molecular flexibility index (Phi) is 5.62. The van der Waals surface area contributed by atoms with Gasteiger partial charge in [0, 0.05) is 31.2 Å². The first-order valence-electron chi connectivity index (χ1n) is 10.3. The van der Waals surface area contributed by atoms with Gasteiger partial charge in [0.25, 0.3) is 0 Å². The fourth-order valence-corrected chi connectivity index (χ4v) is 4.58. The molecular weight excluding hydrogens is 356 g/mol. The van der Waals surface area contributed by atoms with Gasteiger partial charge in [-0.15, -0.1) is 0 Å². The molecule has 2 amide bonds. The van der Waals surface area contributed by atoms with Crippen LogP contribution in [-0.2, 0) is 9.59 Å². The van der Waals surface area contributed by atoms with Gasteiger partial charge in [-0.3, -0.25) is 14.5 Å². The van der Waals surface area contributed by atoms with Gasteiger partial charge < -0.3 is 15.3 Å². The molecule has 0 saturated carbocycles. The van der Waals surface area contributed by atoms with Crippen LogP contribution in [0, 0.1) is 0 Å². The maximum atomic E-state index is 12.8. The van der Waals surface area contributed by atoms with Crippen molar-refractivity contribution in [3.05, 3.63) is 24.3 Å². The second kappa shape index (κ2) is 8.31. The van der Waals surface area contributed by atoms with E-state index in [1.807, 2.05) is 0 Å². The number of aromatic hydroxyl groups is 1. The summed E-state index contributed by atoms with van der Waals surface area (Å²) in [4.78, 5) is 33.1. The van der Waals surface area contributed by atoms with Gasteiger partial charge in [0.05, 0.1) is 5.69 Å². The van der Waals surface area contributed by atoms with Crippen LogP contribution < -0.4 is 10.2 Å². The third kappa shape index (κ3) is 4.04. The van der Waals surface area contributed by atoms with E-state index in [-0.39, 0.29) is 36.0 Å². The zero-order valence-corrected chi connectivity index (χ0v) is 16.1. The van der Waals surface area contributed by atoms with E-state index in [4.69, 9.17) is 0 Å². The van der Waals surface area contributed by atoms with Gasteiger partial charge in [-0.05, 0) is 38.2 Å². The zero-order chi connectivity index (χ0) is 19.5. The minimum Gasteiger partial charge on any atom is -0.493 e. The molecule has 1 aromatic heterocycles. The van der Waals surface area contributed by atoms with Crippen molar-refractivity contribution < 1.29 is 14.7 Å². The zero-order valence-electron chi connectivity index (χ0n) is 16.1. The van der Waals surface area contributed by atoms with Crippen molar-refractivity contribution in [2.45, 2.75) is 63.5 Å². The van der Waals surface area contributed by atoms with Gasteiger partial charge >= 0.3 is 0 Å². The second-order valence-corrected chi connectivity index (χ2v) is 7.93. The number of anilines is 2. The van der Waals surface area contributed by atoms with Crippen LogP contribution in [0.25, 0.3) is 0 Å². The number of rotatable bonds is 2. The normalized spacial score (nSPS) is 26.0. The molecule has 1 atom stereocenters. The summed E-state index contributed by atoms with van der Waals surface area (Å²) in [6, 6.07) is 3.67. The Labute approximate surface area is 165 Å². The molecular formula is C21H28N4O3. The first kappa shape index (κ1) is 18.9. The van der Waals surface area contributed by atoms with Crippen molar-refractivity contribution in [3.63, 3.8) is 0 Å². The van der Waals surface area contributed by atoms with Crippen LogP contribution in [0.5, 0.6) is 5.88 Å². The number of hydrogen-bond donors (Lipinski definition) is 2. The molecule has 7 heteroatoms. The van der Waals surface area contributed by atoms with E-state index < -0.39 is 0 Å². The Morgan fingerprint density at radius 1 is 1.07 bits per heavy atom. The molecule has 0 spiro atoms. The number of piperidine rings is 1. The third-order valence-electron chi connectivity index (χ3n) is 6.02. The highest BCUT2D eigenvalue weighted by Gasteiger charge is 2.35. The van der Waals surface area contributed by atoms with Gasteiger partial charge in [-0.25, -0.2) is 0 Å². The lowest BCUT2D eigenvalue weighted by molar-refractivity contribution is -0.125. The average Bonchev–Trinajstić information content (AvgIpc) is 2.76. The highest BCUT2D eigenvalue weighted by Crippen LogP contribution is 2.34. The van der Waals surface area contributed by atoms with Gasteiger partial charge in [0.2, 0.25) is 17.7 Å². The number of amides is 2. The lowest BCUT2D eigenvalue weighted by atomic mass is 9.96. The number of allylic oxidation sites excluding steroid dienone is 1. The second-order valence-electron chi connectivity index (χ2n) is 7.93. The molecule has 0 aromatic carbocycles. The van der Waals surface area contributed by atoms with Crippen molar-refractivity contribution in [3.8, 4) is 5.88 Å². The number of hydrogen-bond acceptors (Lipinski definition) is 5. The summed E-state index contributed by atoms with van der Waals surface area (Å²) in [5, 5.41) is 12.3. The Balaban J connectivity index is 1.50. The first-order chi connectivity index (χ1) is 13.6. The third-order valence-corrected chi connectivity index (χ3v) is 6.02. The fraction of sp³-hybridized carbons (Fsp3) is 0.571. The molecule has 2 N–H and O–H groups in total. The van der Waals surface area contributed by atoms with E-state index >= 15 is 0 Å². The molecule has 1 saturated heterocycles. The summed E-state index contributed by atoms with van der Waals surface area (Å²) in [5.74, 6) is -0.488. The molecule has 4 rings (SSSR count). The van der Waals surface area contributed by atoms with Gasteiger partial charge in [0.1, 0.15) is 6.42 Å².